The highest BCUT2D eigenvalue weighted by molar-refractivity contribution is 9.10. The highest BCUT2D eigenvalue weighted by atomic mass is 79.9. The van der Waals surface area contributed by atoms with Gasteiger partial charge in [0.15, 0.2) is 11.3 Å². The first kappa shape index (κ1) is 17.2. The van der Waals surface area contributed by atoms with Gasteiger partial charge in [-0.2, -0.15) is 18.2 Å². The number of ether oxygens (including phenoxy) is 1. The van der Waals surface area contributed by atoms with Crippen LogP contribution in [0.25, 0.3) is 11.4 Å². The molecular weight excluding hydrogens is 409 g/mol. The zero-order chi connectivity index (χ0) is 18.0. The second-order valence-corrected chi connectivity index (χ2v) is 5.55. The van der Waals surface area contributed by atoms with E-state index < -0.39 is 17.7 Å². The Morgan fingerprint density at radius 2 is 2.04 bits per heavy atom. The zero-order valence-electron chi connectivity index (χ0n) is 12.2. The van der Waals surface area contributed by atoms with E-state index in [-0.39, 0.29) is 29.6 Å². The van der Waals surface area contributed by atoms with Crippen molar-refractivity contribution >= 4 is 21.9 Å². The third-order valence-electron chi connectivity index (χ3n) is 3.02. The summed E-state index contributed by atoms with van der Waals surface area (Å²) in [6, 6.07) is 7.43. The zero-order valence-corrected chi connectivity index (χ0v) is 13.8. The van der Waals surface area contributed by atoms with Gasteiger partial charge < -0.3 is 13.7 Å². The van der Waals surface area contributed by atoms with Crippen molar-refractivity contribution in [1.82, 2.24) is 10.1 Å². The van der Waals surface area contributed by atoms with Crippen molar-refractivity contribution in [1.29, 1.82) is 0 Å². The molecule has 6 nitrogen and oxygen atoms in total. The van der Waals surface area contributed by atoms with Crippen LogP contribution in [-0.2, 0) is 17.5 Å². The first-order valence-corrected chi connectivity index (χ1v) is 7.55. The van der Waals surface area contributed by atoms with Crippen LogP contribution < -0.4 is 0 Å². The molecule has 0 bridgehead atoms. The molecular formula is C15H8BrF3N2O4. The first-order chi connectivity index (χ1) is 11.8. The van der Waals surface area contributed by atoms with Gasteiger partial charge in [0, 0.05) is 5.56 Å². The number of esters is 1. The molecule has 0 N–H and O–H groups in total. The molecule has 0 spiro atoms. The Bertz CT molecular complexity index is 904. The number of benzene rings is 1. The Morgan fingerprint density at radius 1 is 1.24 bits per heavy atom. The normalized spacial score (nSPS) is 11.5. The van der Waals surface area contributed by atoms with Crippen molar-refractivity contribution in [2.24, 2.45) is 0 Å². The fraction of sp³-hybridized carbons (Fsp3) is 0.133. The van der Waals surface area contributed by atoms with E-state index in [4.69, 9.17) is 13.7 Å². The maximum atomic E-state index is 12.7. The predicted molar refractivity (Wildman–Crippen MR) is 80.3 cm³/mol. The summed E-state index contributed by atoms with van der Waals surface area (Å²) in [4.78, 5) is 15.6. The number of nitrogens with zero attached hydrogens (tertiary/aromatic N) is 2. The quantitative estimate of drug-likeness (QED) is 0.583. The average molecular weight is 417 g/mol. The Balaban J connectivity index is 1.69. The van der Waals surface area contributed by atoms with Crippen LogP contribution in [-0.4, -0.2) is 16.1 Å². The van der Waals surface area contributed by atoms with Gasteiger partial charge in [0.2, 0.25) is 11.6 Å². The largest absolute Gasteiger partial charge is 0.450 e. The molecule has 3 rings (SSSR count). The van der Waals surface area contributed by atoms with Gasteiger partial charge in [0.25, 0.3) is 5.89 Å². The molecule has 0 unspecified atom stereocenters. The van der Waals surface area contributed by atoms with Crippen LogP contribution in [0.1, 0.15) is 22.0 Å². The molecule has 0 aliphatic rings. The average Bonchev–Trinajstić information content (AvgIpc) is 3.21. The molecule has 10 heteroatoms. The maximum Gasteiger partial charge on any atom is 0.416 e. The van der Waals surface area contributed by atoms with E-state index in [0.29, 0.717) is 4.67 Å². The summed E-state index contributed by atoms with van der Waals surface area (Å²) in [5.74, 6) is -0.877. The van der Waals surface area contributed by atoms with Crippen molar-refractivity contribution in [3.63, 3.8) is 0 Å². The molecule has 25 heavy (non-hydrogen) atoms. The maximum absolute atomic E-state index is 12.7. The molecule has 130 valence electrons. The summed E-state index contributed by atoms with van der Waals surface area (Å²) >= 11 is 3.05. The van der Waals surface area contributed by atoms with Gasteiger partial charge in [-0.3, -0.25) is 0 Å². The Hall–Kier alpha value is -2.62. The van der Waals surface area contributed by atoms with E-state index in [1.54, 1.807) is 0 Å². The lowest BCUT2D eigenvalue weighted by atomic mass is 10.1. The summed E-state index contributed by atoms with van der Waals surface area (Å²) in [7, 11) is 0. The van der Waals surface area contributed by atoms with E-state index in [1.807, 2.05) is 0 Å². The lowest BCUT2D eigenvalue weighted by Gasteiger charge is -2.06. The molecule has 0 aliphatic heterocycles. The topological polar surface area (TPSA) is 78.4 Å². The Labute approximate surface area is 146 Å². The third-order valence-corrected chi connectivity index (χ3v) is 3.44. The van der Waals surface area contributed by atoms with Gasteiger partial charge in [-0.15, -0.1) is 0 Å². The summed E-state index contributed by atoms with van der Waals surface area (Å²) in [5, 5.41) is 3.59. The van der Waals surface area contributed by atoms with Crippen molar-refractivity contribution < 1.29 is 31.6 Å². The lowest BCUT2D eigenvalue weighted by molar-refractivity contribution is -0.137. The van der Waals surface area contributed by atoms with E-state index in [9.17, 15) is 18.0 Å². The van der Waals surface area contributed by atoms with Crippen molar-refractivity contribution in [2.75, 3.05) is 0 Å². The minimum atomic E-state index is -4.48. The molecule has 0 amide bonds. The Morgan fingerprint density at radius 3 is 2.72 bits per heavy atom. The van der Waals surface area contributed by atoms with Gasteiger partial charge in [0.05, 0.1) is 5.56 Å². The molecule has 0 aliphatic carbocycles. The number of carbonyl (C=O) groups excluding carboxylic acids is 1. The fourth-order valence-electron chi connectivity index (χ4n) is 1.89. The number of aromatic nitrogens is 2. The van der Waals surface area contributed by atoms with Crippen LogP contribution in [0.4, 0.5) is 13.2 Å². The second kappa shape index (κ2) is 6.71. The smallest absolute Gasteiger partial charge is 0.416 e. The van der Waals surface area contributed by atoms with E-state index in [1.165, 1.54) is 24.3 Å². The van der Waals surface area contributed by atoms with Crippen LogP contribution in [0, 0.1) is 0 Å². The molecule has 0 radical (unpaired) electrons. The predicted octanol–water partition coefficient (Wildman–Crippen LogP) is 4.47. The molecule has 3 aromatic rings. The summed E-state index contributed by atoms with van der Waals surface area (Å²) in [6.45, 7) is -0.344. The van der Waals surface area contributed by atoms with Gasteiger partial charge in [-0.05, 0) is 40.2 Å². The van der Waals surface area contributed by atoms with E-state index in [0.717, 1.165) is 12.1 Å². The van der Waals surface area contributed by atoms with Crippen LogP contribution >= 0.6 is 15.9 Å². The second-order valence-electron chi connectivity index (χ2n) is 4.77. The number of carbonyl (C=O) groups is 1. The number of halogens is 4. The van der Waals surface area contributed by atoms with Crippen LogP contribution in [0.15, 0.2) is 50.0 Å². The molecule has 1 aromatic carbocycles. The highest BCUT2D eigenvalue weighted by Crippen LogP contribution is 2.31. The number of furan rings is 1. The number of alkyl halides is 3. The van der Waals surface area contributed by atoms with Crippen LogP contribution in [0.5, 0.6) is 0 Å². The summed E-state index contributed by atoms with van der Waals surface area (Å²) in [6.07, 6.45) is -4.48. The van der Waals surface area contributed by atoms with Gasteiger partial charge in [-0.1, -0.05) is 17.3 Å². The number of rotatable bonds is 4. The minimum absolute atomic E-state index is 0.0236. The van der Waals surface area contributed by atoms with E-state index in [2.05, 4.69) is 26.1 Å². The molecule has 0 saturated heterocycles. The SMILES string of the molecule is O=C(OCc1nc(-c2cccc(C(F)(F)F)c2)no1)c1ccc(Br)o1. The van der Waals surface area contributed by atoms with Crippen LogP contribution in [0.2, 0.25) is 0 Å². The monoisotopic (exact) mass is 416 g/mol. The van der Waals surface area contributed by atoms with Crippen LogP contribution in [0.3, 0.4) is 0 Å². The third kappa shape index (κ3) is 4.08. The highest BCUT2D eigenvalue weighted by Gasteiger charge is 2.30. The minimum Gasteiger partial charge on any atom is -0.450 e. The molecule has 0 atom stereocenters. The Kier molecular flexibility index (Phi) is 4.62. The summed E-state index contributed by atoms with van der Waals surface area (Å²) in [5.41, 5.74) is -0.697. The molecule has 2 heterocycles. The first-order valence-electron chi connectivity index (χ1n) is 6.75. The summed E-state index contributed by atoms with van der Waals surface area (Å²) < 4.78 is 53.4. The fourth-order valence-corrected chi connectivity index (χ4v) is 2.19. The lowest BCUT2D eigenvalue weighted by Crippen LogP contribution is -2.05. The van der Waals surface area contributed by atoms with Crippen molar-refractivity contribution in [3.8, 4) is 11.4 Å². The standard InChI is InChI=1S/C15H8BrF3N2O4/c16-11-5-4-10(24-11)14(22)23-7-12-20-13(21-25-12)8-2-1-3-9(6-8)15(17,18)19/h1-6H,7H2. The molecule has 2 aromatic heterocycles. The molecule has 0 fully saturated rings. The van der Waals surface area contributed by atoms with Gasteiger partial charge in [-0.25, -0.2) is 4.79 Å². The molecule has 0 saturated carbocycles. The van der Waals surface area contributed by atoms with Crippen molar-refractivity contribution in [3.05, 3.63) is 58.3 Å². The number of hydrogen-bond donors (Lipinski definition) is 0. The van der Waals surface area contributed by atoms with Crippen molar-refractivity contribution in [2.45, 2.75) is 12.8 Å². The van der Waals surface area contributed by atoms with Gasteiger partial charge in [0.1, 0.15) is 0 Å². The van der Waals surface area contributed by atoms with E-state index >= 15 is 0 Å². The van der Waals surface area contributed by atoms with Gasteiger partial charge >= 0.3 is 12.1 Å². The number of hydrogen-bond acceptors (Lipinski definition) is 6.